The number of hydrogen-bond acceptors (Lipinski definition) is 3. The van der Waals surface area contributed by atoms with E-state index in [0.717, 1.165) is 10.5 Å². The van der Waals surface area contributed by atoms with Crippen molar-refractivity contribution in [3.63, 3.8) is 0 Å². The molecule has 2 unspecified atom stereocenters. The number of rotatable bonds is 5. The van der Waals surface area contributed by atoms with Crippen LogP contribution in [0.2, 0.25) is 5.02 Å². The van der Waals surface area contributed by atoms with Gasteiger partial charge in [-0.25, -0.2) is 4.39 Å². The summed E-state index contributed by atoms with van der Waals surface area (Å²) in [6.07, 6.45) is 1.21. The number of hydrogen-bond donors (Lipinski definition) is 2. The van der Waals surface area contributed by atoms with Crippen LogP contribution < -0.4 is 5.73 Å². The summed E-state index contributed by atoms with van der Waals surface area (Å²) in [5, 5.41) is 10.8. The van der Waals surface area contributed by atoms with Gasteiger partial charge < -0.3 is 10.8 Å². The van der Waals surface area contributed by atoms with E-state index < -0.39 is 11.9 Å². The first kappa shape index (κ1) is 16.3. The molecular formula is C16H17ClFNOS. The van der Waals surface area contributed by atoms with E-state index >= 15 is 0 Å². The van der Waals surface area contributed by atoms with Crippen molar-refractivity contribution in [3.05, 3.63) is 64.4 Å². The summed E-state index contributed by atoms with van der Waals surface area (Å²) in [5.74, 6) is -0.781. The van der Waals surface area contributed by atoms with Crippen LogP contribution in [0.3, 0.4) is 0 Å². The highest BCUT2D eigenvalue weighted by Crippen LogP contribution is 2.35. The second kappa shape index (κ2) is 7.27. The van der Waals surface area contributed by atoms with E-state index in [9.17, 15) is 9.50 Å². The van der Waals surface area contributed by atoms with Crippen molar-refractivity contribution >= 4 is 23.4 Å². The summed E-state index contributed by atoms with van der Waals surface area (Å²) >= 11 is 7.71. The van der Waals surface area contributed by atoms with Crippen molar-refractivity contribution in [1.82, 2.24) is 0 Å². The molecule has 21 heavy (non-hydrogen) atoms. The summed E-state index contributed by atoms with van der Waals surface area (Å²) in [6, 6.07) is 11.8. The van der Waals surface area contributed by atoms with E-state index in [1.807, 2.05) is 30.5 Å². The minimum Gasteiger partial charge on any atom is -0.388 e. The summed E-state index contributed by atoms with van der Waals surface area (Å²) in [6.45, 7) is 0.219. The topological polar surface area (TPSA) is 46.2 Å². The summed E-state index contributed by atoms with van der Waals surface area (Å²) in [4.78, 5) is 1.12. The summed E-state index contributed by atoms with van der Waals surface area (Å²) < 4.78 is 13.1. The molecule has 0 fully saturated rings. The van der Waals surface area contributed by atoms with E-state index in [0.29, 0.717) is 5.56 Å². The predicted octanol–water partition coefficient (Wildman–Crippen LogP) is 3.98. The van der Waals surface area contributed by atoms with E-state index in [1.165, 1.54) is 12.1 Å². The fourth-order valence-electron chi connectivity index (χ4n) is 2.26. The van der Waals surface area contributed by atoms with Gasteiger partial charge in [0.2, 0.25) is 0 Å². The molecule has 0 spiro atoms. The molecule has 5 heteroatoms. The van der Waals surface area contributed by atoms with Crippen molar-refractivity contribution in [2.24, 2.45) is 5.73 Å². The molecular weight excluding hydrogens is 309 g/mol. The molecule has 0 heterocycles. The van der Waals surface area contributed by atoms with Crippen molar-refractivity contribution in [2.75, 3.05) is 12.8 Å². The normalized spacial score (nSPS) is 14.0. The van der Waals surface area contributed by atoms with Crippen LogP contribution >= 0.6 is 23.4 Å². The maximum absolute atomic E-state index is 13.1. The number of thioether (sulfide) groups is 1. The second-order valence-electron chi connectivity index (χ2n) is 4.73. The molecule has 0 aliphatic carbocycles. The van der Waals surface area contributed by atoms with Crippen molar-refractivity contribution < 1.29 is 9.50 Å². The van der Waals surface area contributed by atoms with Gasteiger partial charge >= 0.3 is 0 Å². The average Bonchev–Trinajstić information content (AvgIpc) is 2.50. The van der Waals surface area contributed by atoms with Gasteiger partial charge in [-0.1, -0.05) is 29.8 Å². The third-order valence-electron chi connectivity index (χ3n) is 3.45. The van der Waals surface area contributed by atoms with Gasteiger partial charge in [0.25, 0.3) is 0 Å². The highest BCUT2D eigenvalue weighted by molar-refractivity contribution is 7.98. The summed E-state index contributed by atoms with van der Waals surface area (Å²) in [7, 11) is 0. The standard InChI is InChI=1S/C16H17ClFNOS/c1-21-12-5-2-10(3-6-12)16(20)14(9-19)13-7-4-11(18)8-15(13)17/h2-8,14,16,20H,9,19H2,1H3. The first-order valence-electron chi connectivity index (χ1n) is 6.54. The minimum atomic E-state index is -0.783. The Hall–Kier alpha value is -1.07. The van der Waals surface area contributed by atoms with E-state index in [-0.39, 0.29) is 17.5 Å². The molecule has 0 bridgehead atoms. The van der Waals surface area contributed by atoms with Crippen LogP contribution in [0.25, 0.3) is 0 Å². The van der Waals surface area contributed by atoms with Crippen LogP contribution in [0.5, 0.6) is 0 Å². The van der Waals surface area contributed by atoms with Crippen molar-refractivity contribution in [1.29, 1.82) is 0 Å². The maximum Gasteiger partial charge on any atom is 0.124 e. The average molecular weight is 326 g/mol. The Kier molecular flexibility index (Phi) is 5.65. The summed E-state index contributed by atoms with van der Waals surface area (Å²) in [5.41, 5.74) is 7.21. The van der Waals surface area contributed by atoms with Gasteiger partial charge in [-0.15, -0.1) is 11.8 Å². The quantitative estimate of drug-likeness (QED) is 0.817. The molecule has 0 aliphatic heterocycles. The first-order chi connectivity index (χ1) is 10.1. The van der Waals surface area contributed by atoms with Crippen LogP contribution in [0.1, 0.15) is 23.1 Å². The van der Waals surface area contributed by atoms with Gasteiger partial charge in [0.15, 0.2) is 0 Å². The molecule has 0 aromatic heterocycles. The zero-order valence-corrected chi connectivity index (χ0v) is 13.2. The van der Waals surface area contributed by atoms with Crippen LogP contribution in [-0.2, 0) is 0 Å². The Bertz CT molecular complexity index is 606. The lowest BCUT2D eigenvalue weighted by Gasteiger charge is -2.23. The van der Waals surface area contributed by atoms with E-state index in [1.54, 1.807) is 17.8 Å². The molecule has 0 saturated carbocycles. The smallest absolute Gasteiger partial charge is 0.124 e. The van der Waals surface area contributed by atoms with Gasteiger partial charge in [0, 0.05) is 22.4 Å². The fraction of sp³-hybridized carbons (Fsp3) is 0.250. The van der Waals surface area contributed by atoms with Gasteiger partial charge in [-0.3, -0.25) is 0 Å². The Morgan fingerprint density at radius 3 is 2.43 bits per heavy atom. The highest BCUT2D eigenvalue weighted by Gasteiger charge is 2.23. The molecule has 2 nitrogen and oxygen atoms in total. The molecule has 2 aromatic rings. The predicted molar refractivity (Wildman–Crippen MR) is 86.4 cm³/mol. The Morgan fingerprint density at radius 1 is 1.24 bits per heavy atom. The molecule has 0 radical (unpaired) electrons. The minimum absolute atomic E-state index is 0.219. The van der Waals surface area contributed by atoms with Crippen LogP contribution in [0.4, 0.5) is 4.39 Å². The van der Waals surface area contributed by atoms with Gasteiger partial charge in [0.1, 0.15) is 5.82 Å². The van der Waals surface area contributed by atoms with Crippen molar-refractivity contribution in [2.45, 2.75) is 16.9 Å². The number of nitrogens with two attached hydrogens (primary N) is 1. The van der Waals surface area contributed by atoms with E-state index in [2.05, 4.69) is 0 Å². The first-order valence-corrected chi connectivity index (χ1v) is 8.14. The largest absolute Gasteiger partial charge is 0.388 e. The van der Waals surface area contributed by atoms with Gasteiger partial charge in [0.05, 0.1) is 6.10 Å². The maximum atomic E-state index is 13.1. The molecule has 0 saturated heterocycles. The fourth-order valence-corrected chi connectivity index (χ4v) is 2.98. The van der Waals surface area contributed by atoms with Gasteiger partial charge in [-0.2, -0.15) is 0 Å². The third kappa shape index (κ3) is 3.77. The van der Waals surface area contributed by atoms with Gasteiger partial charge in [-0.05, 0) is 41.6 Å². The molecule has 2 rings (SSSR count). The van der Waals surface area contributed by atoms with Crippen molar-refractivity contribution in [3.8, 4) is 0 Å². The molecule has 0 aliphatic rings. The Labute approximate surface area is 133 Å². The Balaban J connectivity index is 2.30. The molecule has 3 N–H and O–H groups in total. The lowest BCUT2D eigenvalue weighted by molar-refractivity contribution is 0.147. The SMILES string of the molecule is CSc1ccc(C(O)C(CN)c2ccc(F)cc2Cl)cc1. The van der Waals surface area contributed by atoms with Crippen LogP contribution in [-0.4, -0.2) is 17.9 Å². The van der Waals surface area contributed by atoms with E-state index in [4.69, 9.17) is 17.3 Å². The lowest BCUT2D eigenvalue weighted by atomic mass is 9.89. The monoisotopic (exact) mass is 325 g/mol. The molecule has 0 amide bonds. The number of halogens is 2. The zero-order chi connectivity index (χ0) is 15.4. The number of benzene rings is 2. The molecule has 112 valence electrons. The number of aliphatic hydroxyl groups excluding tert-OH is 1. The zero-order valence-electron chi connectivity index (χ0n) is 11.6. The molecule has 2 aromatic carbocycles. The highest BCUT2D eigenvalue weighted by atomic mass is 35.5. The second-order valence-corrected chi connectivity index (χ2v) is 6.01. The lowest BCUT2D eigenvalue weighted by Crippen LogP contribution is -2.20. The molecule has 2 atom stereocenters. The van der Waals surface area contributed by atoms with Crippen LogP contribution in [0, 0.1) is 5.82 Å². The van der Waals surface area contributed by atoms with Crippen LogP contribution in [0.15, 0.2) is 47.4 Å². The third-order valence-corrected chi connectivity index (χ3v) is 4.53. The number of aliphatic hydroxyl groups is 1. The Morgan fingerprint density at radius 2 is 1.90 bits per heavy atom.